The third-order valence-corrected chi connectivity index (χ3v) is 5.24. The minimum absolute atomic E-state index is 0. The van der Waals surface area contributed by atoms with E-state index in [1.807, 2.05) is 0 Å². The van der Waals surface area contributed by atoms with E-state index in [0.29, 0.717) is 0 Å². The average molecular weight is 575 g/mol. The molecule has 1 aliphatic rings. The van der Waals surface area contributed by atoms with E-state index in [1.54, 1.807) is 0 Å². The van der Waals surface area contributed by atoms with Gasteiger partial charge in [-0.05, 0) is 19.6 Å². The normalized spacial score (nSPS) is 18.0. The Kier molecular flexibility index (Phi) is 17.8. The Labute approximate surface area is 195 Å². The van der Waals surface area contributed by atoms with Crippen molar-refractivity contribution in [1.82, 2.24) is 14.7 Å². The summed E-state index contributed by atoms with van der Waals surface area (Å²) in [5, 5.41) is 0. The summed E-state index contributed by atoms with van der Waals surface area (Å²) in [5.41, 5.74) is -11.3. The number of rotatable bonds is 3. The fourth-order valence-electron chi connectivity index (χ4n) is 2.13. The van der Waals surface area contributed by atoms with Crippen molar-refractivity contribution in [2.24, 2.45) is 0 Å². The minimum atomic E-state index is -6.09. The van der Waals surface area contributed by atoms with Gasteiger partial charge in [0.2, 0.25) is 0 Å². The van der Waals surface area contributed by atoms with Crippen LogP contribution in [0.5, 0.6) is 0 Å². The first kappa shape index (κ1) is 36.4. The van der Waals surface area contributed by atoms with Gasteiger partial charge in [0.05, 0.1) is 0 Å². The largest absolute Gasteiger partial charge is 2.00 e. The Balaban J connectivity index is -0.000000425. The Morgan fingerprint density at radius 3 is 0.781 bits per heavy atom. The molecular formula is C14H27CuF6N3O6S2. The van der Waals surface area contributed by atoms with Crippen molar-refractivity contribution in [3.8, 4) is 0 Å². The third-order valence-electron chi connectivity index (χ3n) is 4.11. The van der Waals surface area contributed by atoms with Crippen LogP contribution in [0.3, 0.4) is 0 Å². The molecule has 1 rings (SSSR count). The summed E-state index contributed by atoms with van der Waals surface area (Å²) in [7, 11) is -12.2. The van der Waals surface area contributed by atoms with Gasteiger partial charge in [-0.15, -0.1) is 0 Å². The Hall–Kier alpha value is -0.201. The molecule has 0 saturated carbocycles. The van der Waals surface area contributed by atoms with Gasteiger partial charge in [0.25, 0.3) is 0 Å². The summed E-state index contributed by atoms with van der Waals surface area (Å²) in [6.45, 7) is 17.8. The number of nitrogens with zero attached hydrogens (tertiary/aromatic N) is 3. The fourth-order valence-corrected chi connectivity index (χ4v) is 2.13. The first-order chi connectivity index (χ1) is 13.8. The van der Waals surface area contributed by atoms with Gasteiger partial charge in [0.15, 0.2) is 20.2 Å². The predicted octanol–water partition coefficient (Wildman–Crippen LogP) is 1.07. The number of hydrogen-bond acceptors (Lipinski definition) is 9. The van der Waals surface area contributed by atoms with Crippen molar-refractivity contribution in [3.63, 3.8) is 0 Å². The van der Waals surface area contributed by atoms with Crippen LogP contribution >= 0.6 is 0 Å². The molecule has 0 N–H and O–H groups in total. The molecule has 0 aromatic carbocycles. The predicted molar refractivity (Wildman–Crippen MR) is 97.8 cm³/mol. The second-order valence-electron chi connectivity index (χ2n) is 6.10. The summed E-state index contributed by atoms with van der Waals surface area (Å²) >= 11 is 0. The maximum atomic E-state index is 10.7. The van der Waals surface area contributed by atoms with Crippen LogP contribution in [0.15, 0.2) is 0 Å². The van der Waals surface area contributed by atoms with E-state index in [2.05, 4.69) is 35.5 Å². The molecule has 199 valence electrons. The molecule has 0 bridgehead atoms. The zero-order valence-corrected chi connectivity index (χ0v) is 20.1. The van der Waals surface area contributed by atoms with Gasteiger partial charge in [0, 0.05) is 39.3 Å². The molecule has 1 radical (unpaired) electrons. The van der Waals surface area contributed by atoms with Crippen LogP contribution in [0.25, 0.3) is 0 Å². The van der Waals surface area contributed by atoms with E-state index >= 15 is 0 Å². The van der Waals surface area contributed by atoms with Crippen molar-refractivity contribution in [2.75, 3.05) is 58.9 Å². The van der Waals surface area contributed by atoms with E-state index in [1.165, 1.54) is 58.9 Å². The van der Waals surface area contributed by atoms with Crippen LogP contribution in [0.4, 0.5) is 26.3 Å². The first-order valence-corrected chi connectivity index (χ1v) is 11.8. The minimum Gasteiger partial charge on any atom is -0.741 e. The molecule has 0 atom stereocenters. The topological polar surface area (TPSA) is 124 Å². The molecule has 1 fully saturated rings. The molecule has 32 heavy (non-hydrogen) atoms. The first-order valence-electron chi connectivity index (χ1n) is 9.01. The smallest absolute Gasteiger partial charge is 0.741 e. The van der Waals surface area contributed by atoms with Gasteiger partial charge < -0.3 is 23.8 Å². The van der Waals surface area contributed by atoms with Gasteiger partial charge in [-0.1, -0.05) is 20.8 Å². The maximum absolute atomic E-state index is 10.7. The Morgan fingerprint density at radius 1 is 0.594 bits per heavy atom. The van der Waals surface area contributed by atoms with Crippen molar-refractivity contribution in [2.45, 2.75) is 31.8 Å². The molecule has 0 unspecified atom stereocenters. The maximum Gasteiger partial charge on any atom is 2.00 e. The molecule has 18 heteroatoms. The summed E-state index contributed by atoms with van der Waals surface area (Å²) in [6.07, 6.45) is 0. The Bertz CT molecular complexity index is 624. The van der Waals surface area contributed by atoms with Crippen molar-refractivity contribution in [1.29, 1.82) is 0 Å². The molecule has 1 saturated heterocycles. The SMILES string of the molecule is CCN1CCN(CC)CCN(CC)CC1.O=S(=O)([O-])C(F)(F)F.O=S(=O)([O-])C(F)(F)F.[Cu+2]. The summed E-state index contributed by atoms with van der Waals surface area (Å²) in [4.78, 5) is 7.70. The van der Waals surface area contributed by atoms with Gasteiger partial charge >= 0.3 is 28.1 Å². The van der Waals surface area contributed by atoms with Crippen LogP contribution in [-0.4, -0.2) is 111 Å². The van der Waals surface area contributed by atoms with Gasteiger partial charge in [-0.3, -0.25) is 0 Å². The standard InChI is InChI=1S/C12H27N3.2CHF3O3S.Cu/c1-4-13-7-9-14(5-2)11-12-15(6-3)10-8-13;2*2-1(3,4)8(5,6)7;/h4-12H2,1-3H3;2*(H,5,6,7);/q;;;+2/p-2. The molecule has 0 aromatic rings. The van der Waals surface area contributed by atoms with Crippen LogP contribution < -0.4 is 0 Å². The second-order valence-corrected chi connectivity index (χ2v) is 8.84. The van der Waals surface area contributed by atoms with Crippen LogP contribution in [-0.2, 0) is 37.3 Å². The van der Waals surface area contributed by atoms with Gasteiger partial charge in [-0.2, -0.15) is 26.3 Å². The van der Waals surface area contributed by atoms with Crippen molar-refractivity contribution in [3.05, 3.63) is 0 Å². The average Bonchev–Trinajstić information content (AvgIpc) is 2.69. The van der Waals surface area contributed by atoms with E-state index < -0.39 is 31.3 Å². The number of likely N-dealkylation sites (N-methyl/N-ethyl adjacent to an activating group) is 3. The molecular weight excluding hydrogens is 548 g/mol. The van der Waals surface area contributed by atoms with E-state index in [-0.39, 0.29) is 17.1 Å². The molecule has 0 spiro atoms. The monoisotopic (exact) mass is 574 g/mol. The Morgan fingerprint density at radius 2 is 0.719 bits per heavy atom. The number of hydrogen-bond donors (Lipinski definition) is 0. The zero-order valence-electron chi connectivity index (χ0n) is 17.5. The summed E-state index contributed by atoms with van der Waals surface area (Å²) in [6, 6.07) is 0. The summed E-state index contributed by atoms with van der Waals surface area (Å²) in [5.74, 6) is 0. The second kappa shape index (κ2) is 15.7. The molecule has 9 nitrogen and oxygen atoms in total. The number of halogens is 6. The molecule has 1 aliphatic heterocycles. The third kappa shape index (κ3) is 16.4. The molecule has 1 heterocycles. The molecule has 0 aromatic heterocycles. The van der Waals surface area contributed by atoms with Gasteiger partial charge in [-0.25, -0.2) is 16.8 Å². The quantitative estimate of drug-likeness (QED) is 0.211. The van der Waals surface area contributed by atoms with Crippen molar-refractivity contribution < 1.29 is 69.4 Å². The van der Waals surface area contributed by atoms with Crippen LogP contribution in [0, 0.1) is 0 Å². The fraction of sp³-hybridized carbons (Fsp3) is 1.00. The van der Waals surface area contributed by atoms with E-state index in [0.717, 1.165) is 0 Å². The number of alkyl halides is 6. The molecule has 0 aliphatic carbocycles. The van der Waals surface area contributed by atoms with Crippen molar-refractivity contribution >= 4 is 20.2 Å². The van der Waals surface area contributed by atoms with Crippen LogP contribution in [0.1, 0.15) is 20.8 Å². The van der Waals surface area contributed by atoms with E-state index in [4.69, 9.17) is 25.9 Å². The van der Waals surface area contributed by atoms with E-state index in [9.17, 15) is 26.3 Å². The molecule has 0 amide bonds. The summed E-state index contributed by atoms with van der Waals surface area (Å²) < 4.78 is 118. The zero-order chi connectivity index (χ0) is 25.1. The van der Waals surface area contributed by atoms with Crippen LogP contribution in [0.2, 0.25) is 0 Å². The van der Waals surface area contributed by atoms with Gasteiger partial charge in [0.1, 0.15) is 0 Å².